The van der Waals surface area contributed by atoms with Crippen LogP contribution in [0.3, 0.4) is 0 Å². The summed E-state index contributed by atoms with van der Waals surface area (Å²) in [5, 5.41) is 2.86. The normalized spacial score (nSPS) is 20.8. The number of carbonyl (C=O) groups excluding carboxylic acids is 2. The summed E-state index contributed by atoms with van der Waals surface area (Å²) in [6, 6.07) is 7.99. The maximum Gasteiger partial charge on any atom is 0.411 e. The molecule has 2 rings (SSSR count). The van der Waals surface area contributed by atoms with Crippen molar-refractivity contribution < 1.29 is 32.2 Å². The van der Waals surface area contributed by atoms with Gasteiger partial charge in [0.15, 0.2) is 6.10 Å². The van der Waals surface area contributed by atoms with Crippen LogP contribution in [0.1, 0.15) is 52.2 Å². The summed E-state index contributed by atoms with van der Waals surface area (Å²) >= 11 is 0. The topological polar surface area (TPSA) is 67.9 Å². The number of benzene rings is 1. The van der Waals surface area contributed by atoms with Gasteiger partial charge in [-0.15, -0.1) is 0 Å². The van der Waals surface area contributed by atoms with Crippen molar-refractivity contribution in [3.63, 3.8) is 0 Å². The Kier molecular flexibility index (Phi) is 8.34. The lowest BCUT2D eigenvalue weighted by molar-refractivity contribution is -0.191. The van der Waals surface area contributed by atoms with Gasteiger partial charge in [-0.25, -0.2) is 4.79 Å². The number of likely N-dealkylation sites (tertiary alicyclic amines) is 1. The molecule has 1 aliphatic heterocycles. The highest BCUT2D eigenvalue weighted by Crippen LogP contribution is 2.28. The minimum absolute atomic E-state index is 0.0516. The molecule has 0 aromatic heterocycles. The average molecular weight is 444 g/mol. The molecular weight excluding hydrogens is 413 g/mol. The van der Waals surface area contributed by atoms with Crippen molar-refractivity contribution in [1.29, 1.82) is 0 Å². The van der Waals surface area contributed by atoms with E-state index in [0.29, 0.717) is 31.5 Å². The third-order valence-electron chi connectivity index (χ3n) is 5.01. The number of halogens is 3. The minimum Gasteiger partial charge on any atom is -0.444 e. The fraction of sp³-hybridized carbons (Fsp3) is 0.636. The third-order valence-corrected chi connectivity index (χ3v) is 5.01. The summed E-state index contributed by atoms with van der Waals surface area (Å²) in [5.41, 5.74) is -0.250. The second kappa shape index (κ2) is 10.3. The fourth-order valence-electron chi connectivity index (χ4n) is 3.58. The highest BCUT2D eigenvalue weighted by molar-refractivity contribution is 5.82. The molecule has 0 spiro atoms. The largest absolute Gasteiger partial charge is 0.444 e. The number of alkyl carbamates (subject to hydrolysis) is 1. The van der Waals surface area contributed by atoms with E-state index in [1.807, 2.05) is 6.92 Å². The van der Waals surface area contributed by atoms with E-state index >= 15 is 0 Å². The molecule has 1 heterocycles. The molecule has 1 saturated heterocycles. The number of hydrogen-bond donors (Lipinski definition) is 1. The number of piperidine rings is 1. The molecule has 3 atom stereocenters. The van der Waals surface area contributed by atoms with E-state index in [2.05, 4.69) is 5.32 Å². The van der Waals surface area contributed by atoms with Crippen LogP contribution >= 0.6 is 0 Å². The molecule has 1 aromatic carbocycles. The Balaban J connectivity index is 2.08. The van der Waals surface area contributed by atoms with Gasteiger partial charge in [-0.1, -0.05) is 37.3 Å². The Hall–Kier alpha value is -2.29. The van der Waals surface area contributed by atoms with Crippen molar-refractivity contribution in [1.82, 2.24) is 10.2 Å². The van der Waals surface area contributed by atoms with E-state index < -0.39 is 36.5 Å². The molecule has 31 heavy (non-hydrogen) atoms. The zero-order valence-corrected chi connectivity index (χ0v) is 18.4. The van der Waals surface area contributed by atoms with Crippen molar-refractivity contribution >= 4 is 12.0 Å². The molecule has 0 unspecified atom stereocenters. The molecule has 174 valence electrons. The Morgan fingerprint density at radius 1 is 1.19 bits per heavy atom. The predicted octanol–water partition coefficient (Wildman–Crippen LogP) is 4.46. The number of alkyl halides is 3. The third kappa shape index (κ3) is 8.05. The average Bonchev–Trinajstić information content (AvgIpc) is 2.66. The molecule has 0 aliphatic carbocycles. The number of rotatable bonds is 6. The smallest absolute Gasteiger partial charge is 0.411 e. The van der Waals surface area contributed by atoms with Gasteiger partial charge in [0.1, 0.15) is 12.2 Å². The zero-order valence-electron chi connectivity index (χ0n) is 18.4. The Labute approximate surface area is 181 Å². The highest BCUT2D eigenvalue weighted by Gasteiger charge is 2.37. The number of carbonyl (C=O) groups is 2. The highest BCUT2D eigenvalue weighted by atomic mass is 19.4. The van der Waals surface area contributed by atoms with Crippen LogP contribution in [0, 0.1) is 5.92 Å². The van der Waals surface area contributed by atoms with Crippen molar-refractivity contribution in [2.75, 3.05) is 19.7 Å². The van der Waals surface area contributed by atoms with Crippen LogP contribution in [-0.2, 0) is 14.3 Å². The molecule has 9 heteroatoms. The maximum atomic E-state index is 13.1. The van der Waals surface area contributed by atoms with Gasteiger partial charge in [-0.3, -0.25) is 4.79 Å². The lowest BCUT2D eigenvalue weighted by Gasteiger charge is -2.40. The first kappa shape index (κ1) is 25.0. The first-order valence-electron chi connectivity index (χ1n) is 10.4. The maximum absolute atomic E-state index is 13.1. The van der Waals surface area contributed by atoms with Crippen LogP contribution in [0.4, 0.5) is 18.0 Å². The van der Waals surface area contributed by atoms with E-state index in [-0.39, 0.29) is 12.0 Å². The van der Waals surface area contributed by atoms with Crippen molar-refractivity contribution in [3.05, 3.63) is 35.9 Å². The van der Waals surface area contributed by atoms with Gasteiger partial charge in [0.25, 0.3) is 5.91 Å². The standard InChI is InChI=1S/C22H31F3N2O4/c1-5-15-13-27(12-11-17(15)26-20(29)31-21(2,3)4)19(28)18(30-14-22(23,24)25)16-9-7-6-8-10-16/h6-10,15,17-18H,5,11-14H2,1-4H3,(H,26,29)/t15-,17-,18-/m1/s1. The van der Waals surface area contributed by atoms with Gasteiger partial charge in [0.2, 0.25) is 0 Å². The first-order valence-corrected chi connectivity index (χ1v) is 10.4. The molecule has 0 radical (unpaired) electrons. The van der Waals surface area contributed by atoms with Gasteiger partial charge in [0, 0.05) is 19.1 Å². The van der Waals surface area contributed by atoms with Crippen molar-refractivity contribution in [2.45, 2.75) is 64.5 Å². The first-order chi connectivity index (χ1) is 14.4. The molecule has 6 nitrogen and oxygen atoms in total. The molecule has 1 fully saturated rings. The molecule has 1 N–H and O–H groups in total. The van der Waals surface area contributed by atoms with Gasteiger partial charge < -0.3 is 19.7 Å². The van der Waals surface area contributed by atoms with E-state index in [1.165, 1.54) is 4.90 Å². The number of ether oxygens (including phenoxy) is 2. The van der Waals surface area contributed by atoms with Gasteiger partial charge >= 0.3 is 12.3 Å². The van der Waals surface area contributed by atoms with E-state index in [1.54, 1.807) is 51.1 Å². The van der Waals surface area contributed by atoms with E-state index in [0.717, 1.165) is 0 Å². The lowest BCUT2D eigenvalue weighted by atomic mass is 9.89. The van der Waals surface area contributed by atoms with Crippen LogP contribution < -0.4 is 5.32 Å². The van der Waals surface area contributed by atoms with Gasteiger partial charge in [-0.2, -0.15) is 13.2 Å². The van der Waals surface area contributed by atoms with Crippen LogP contribution in [0.15, 0.2) is 30.3 Å². The molecule has 1 aromatic rings. The predicted molar refractivity (Wildman–Crippen MR) is 109 cm³/mol. The summed E-state index contributed by atoms with van der Waals surface area (Å²) in [4.78, 5) is 26.8. The van der Waals surface area contributed by atoms with Crippen LogP contribution in [0.2, 0.25) is 0 Å². The van der Waals surface area contributed by atoms with Gasteiger partial charge in [0.05, 0.1) is 0 Å². The number of nitrogens with one attached hydrogen (secondary N) is 1. The van der Waals surface area contributed by atoms with Crippen molar-refractivity contribution in [2.24, 2.45) is 5.92 Å². The Morgan fingerprint density at radius 2 is 1.84 bits per heavy atom. The second-order valence-electron chi connectivity index (χ2n) is 8.71. The summed E-state index contributed by atoms with van der Waals surface area (Å²) in [6.07, 6.45) is -5.24. The molecule has 2 amide bonds. The fourth-order valence-corrected chi connectivity index (χ4v) is 3.58. The molecule has 0 bridgehead atoms. The van der Waals surface area contributed by atoms with Crippen LogP contribution in [-0.4, -0.2) is 54.4 Å². The van der Waals surface area contributed by atoms with Crippen molar-refractivity contribution in [3.8, 4) is 0 Å². The summed E-state index contributed by atoms with van der Waals surface area (Å²) in [5.74, 6) is -0.561. The Bertz CT molecular complexity index is 735. The number of hydrogen-bond acceptors (Lipinski definition) is 4. The molecular formula is C22H31F3N2O4. The minimum atomic E-state index is -4.54. The Morgan fingerprint density at radius 3 is 2.39 bits per heavy atom. The van der Waals surface area contributed by atoms with E-state index in [9.17, 15) is 22.8 Å². The van der Waals surface area contributed by atoms with Gasteiger partial charge in [-0.05, 0) is 45.1 Å². The summed E-state index contributed by atoms with van der Waals surface area (Å²) in [6.45, 7) is 6.37. The monoisotopic (exact) mass is 444 g/mol. The summed E-state index contributed by atoms with van der Waals surface area (Å²) < 4.78 is 48.6. The van der Waals surface area contributed by atoms with E-state index in [4.69, 9.17) is 9.47 Å². The number of amides is 2. The number of nitrogens with zero attached hydrogens (tertiary/aromatic N) is 1. The second-order valence-corrected chi connectivity index (χ2v) is 8.71. The van der Waals surface area contributed by atoms with Crippen LogP contribution in [0.25, 0.3) is 0 Å². The quantitative estimate of drug-likeness (QED) is 0.704. The lowest BCUT2D eigenvalue weighted by Crippen LogP contribution is -2.53. The summed E-state index contributed by atoms with van der Waals surface area (Å²) in [7, 11) is 0. The van der Waals surface area contributed by atoms with Crippen LogP contribution in [0.5, 0.6) is 0 Å². The molecule has 1 aliphatic rings. The molecule has 0 saturated carbocycles. The zero-order chi connectivity index (χ0) is 23.2. The SMILES string of the molecule is CC[C@@H]1CN(C(=O)[C@H](OCC(F)(F)F)c2ccccc2)CC[C@H]1NC(=O)OC(C)(C)C.